The molecule has 3 aromatic carbocycles. The Bertz CT molecular complexity index is 1080. The summed E-state index contributed by atoms with van der Waals surface area (Å²) in [4.78, 5) is 23.8. The molecule has 1 heterocycles. The monoisotopic (exact) mass is 391 g/mol. The number of nitrogens with zero attached hydrogens (tertiary/aromatic N) is 1. The van der Waals surface area contributed by atoms with Crippen LogP contribution in [-0.2, 0) is 5.60 Å². The summed E-state index contributed by atoms with van der Waals surface area (Å²) in [5, 5.41) is 22.6. The smallest absolute Gasteiger partial charge is 0.269 e. The molecular formula is C22H17NO6. The van der Waals surface area contributed by atoms with E-state index in [9.17, 15) is 20.0 Å². The number of hydrogen-bond acceptors (Lipinski definition) is 6. The number of ether oxygens (including phenoxy) is 2. The predicted molar refractivity (Wildman–Crippen MR) is 104 cm³/mol. The molecule has 0 spiro atoms. The Kier molecular flexibility index (Phi) is 4.52. The Morgan fingerprint density at radius 2 is 1.69 bits per heavy atom. The van der Waals surface area contributed by atoms with E-state index in [1.807, 2.05) is 0 Å². The molecule has 29 heavy (non-hydrogen) atoms. The van der Waals surface area contributed by atoms with E-state index in [0.29, 0.717) is 17.1 Å². The molecule has 1 aliphatic heterocycles. The van der Waals surface area contributed by atoms with Gasteiger partial charge >= 0.3 is 0 Å². The maximum atomic E-state index is 13.4. The summed E-state index contributed by atoms with van der Waals surface area (Å²) < 4.78 is 11.2. The maximum Gasteiger partial charge on any atom is 0.269 e. The van der Waals surface area contributed by atoms with Crippen LogP contribution in [0.3, 0.4) is 0 Å². The molecule has 1 N–H and O–H groups in total. The highest BCUT2D eigenvalue weighted by atomic mass is 16.6. The summed E-state index contributed by atoms with van der Waals surface area (Å²) in [7, 11) is 1.54. The predicted octanol–water partition coefficient (Wildman–Crippen LogP) is 3.81. The molecule has 0 unspecified atom stereocenters. The summed E-state index contributed by atoms with van der Waals surface area (Å²) in [6.07, 6.45) is -1.04. The number of fused-ring (bicyclic) bond motifs is 1. The average molecular weight is 391 g/mol. The molecule has 7 heteroatoms. The minimum Gasteiger partial charge on any atom is -0.497 e. The molecule has 0 radical (unpaired) electrons. The zero-order chi connectivity index (χ0) is 20.6. The lowest BCUT2D eigenvalue weighted by molar-refractivity contribution is -0.384. The van der Waals surface area contributed by atoms with E-state index in [0.717, 1.165) is 0 Å². The van der Waals surface area contributed by atoms with Crippen molar-refractivity contribution < 1.29 is 24.3 Å². The average Bonchev–Trinajstić information content (AvgIpc) is 2.76. The van der Waals surface area contributed by atoms with Crippen molar-refractivity contribution in [3.8, 4) is 11.5 Å². The second-order valence-corrected chi connectivity index (χ2v) is 6.67. The second kappa shape index (κ2) is 7.03. The molecule has 0 aliphatic carbocycles. The van der Waals surface area contributed by atoms with Gasteiger partial charge in [0.15, 0.2) is 11.7 Å². The van der Waals surface area contributed by atoms with Gasteiger partial charge < -0.3 is 14.6 Å². The highest BCUT2D eigenvalue weighted by Gasteiger charge is 2.52. The molecule has 0 saturated carbocycles. The number of nitro groups is 1. The number of carbonyl (C=O) groups is 1. The van der Waals surface area contributed by atoms with Crippen LogP contribution < -0.4 is 9.47 Å². The highest BCUT2D eigenvalue weighted by Crippen LogP contribution is 2.47. The lowest BCUT2D eigenvalue weighted by Gasteiger charge is -2.39. The summed E-state index contributed by atoms with van der Waals surface area (Å²) >= 11 is 0. The van der Waals surface area contributed by atoms with Crippen LogP contribution in [0.1, 0.15) is 27.6 Å². The van der Waals surface area contributed by atoms with Gasteiger partial charge in [0.05, 0.1) is 17.6 Å². The summed E-state index contributed by atoms with van der Waals surface area (Å²) in [5.74, 6) is 0.453. The zero-order valence-corrected chi connectivity index (χ0v) is 15.4. The highest BCUT2D eigenvalue weighted by molar-refractivity contribution is 6.06. The number of methoxy groups -OCH3 is 1. The lowest BCUT2D eigenvalue weighted by atomic mass is 9.76. The third kappa shape index (κ3) is 3.01. The number of carbonyl (C=O) groups excluding carboxylic acids is 1. The first kappa shape index (κ1) is 18.6. The largest absolute Gasteiger partial charge is 0.497 e. The number of nitro benzene ring substituents is 1. The molecule has 1 aliphatic rings. The molecule has 0 aromatic heterocycles. The Morgan fingerprint density at radius 3 is 2.31 bits per heavy atom. The second-order valence-electron chi connectivity index (χ2n) is 6.67. The van der Waals surface area contributed by atoms with Gasteiger partial charge in [-0.1, -0.05) is 24.3 Å². The van der Waals surface area contributed by atoms with Crippen LogP contribution in [0.2, 0.25) is 0 Å². The fraction of sp³-hybridized carbons (Fsp3) is 0.136. The van der Waals surface area contributed by atoms with Gasteiger partial charge in [-0.05, 0) is 47.5 Å². The van der Waals surface area contributed by atoms with Crippen molar-refractivity contribution in [2.75, 3.05) is 7.11 Å². The van der Waals surface area contributed by atoms with Crippen molar-refractivity contribution in [1.82, 2.24) is 0 Å². The van der Waals surface area contributed by atoms with Gasteiger partial charge in [0.25, 0.3) is 5.69 Å². The molecule has 146 valence electrons. The van der Waals surface area contributed by atoms with Crippen LogP contribution in [-0.4, -0.2) is 22.9 Å². The Balaban J connectivity index is 1.88. The Morgan fingerprint density at radius 1 is 1.03 bits per heavy atom. The summed E-state index contributed by atoms with van der Waals surface area (Å²) in [5.41, 5.74) is -1.17. The molecular weight excluding hydrogens is 374 g/mol. The van der Waals surface area contributed by atoms with Crippen molar-refractivity contribution in [2.45, 2.75) is 11.7 Å². The Labute approximate surface area is 166 Å². The fourth-order valence-electron chi connectivity index (χ4n) is 3.50. The van der Waals surface area contributed by atoms with Crippen LogP contribution in [0.4, 0.5) is 5.69 Å². The van der Waals surface area contributed by atoms with Gasteiger partial charge in [-0.2, -0.15) is 0 Å². The third-order valence-electron chi connectivity index (χ3n) is 5.04. The van der Waals surface area contributed by atoms with Crippen molar-refractivity contribution >= 4 is 11.5 Å². The van der Waals surface area contributed by atoms with Crippen molar-refractivity contribution in [3.63, 3.8) is 0 Å². The third-order valence-corrected chi connectivity index (χ3v) is 5.04. The van der Waals surface area contributed by atoms with E-state index < -0.39 is 22.4 Å². The van der Waals surface area contributed by atoms with Crippen LogP contribution in [0.15, 0.2) is 72.8 Å². The normalized spacial score (nSPS) is 20.5. The number of rotatable bonds is 4. The summed E-state index contributed by atoms with van der Waals surface area (Å²) in [6.45, 7) is 0. The standard InChI is InChI=1S/C22H17NO6/c1-28-17-12-6-14(7-13-17)21-22(25,15-8-10-16(11-9-15)23(26)27)20(24)18-4-2-3-5-19(18)29-21/h2-13,21,25H,1H3/t21-,22+/m1/s1. The van der Waals surface area contributed by atoms with Crippen molar-refractivity contribution in [2.24, 2.45) is 0 Å². The van der Waals surface area contributed by atoms with E-state index in [4.69, 9.17) is 9.47 Å². The number of non-ortho nitro benzene ring substituents is 1. The van der Waals surface area contributed by atoms with Crippen molar-refractivity contribution in [1.29, 1.82) is 0 Å². The Hall–Kier alpha value is -3.71. The molecule has 2 atom stereocenters. The molecule has 0 fully saturated rings. The zero-order valence-electron chi connectivity index (χ0n) is 15.4. The van der Waals surface area contributed by atoms with Gasteiger partial charge in [0.1, 0.15) is 11.5 Å². The number of aliphatic hydroxyl groups is 1. The quantitative estimate of drug-likeness (QED) is 0.536. The molecule has 0 saturated heterocycles. The molecule has 4 rings (SSSR count). The van der Waals surface area contributed by atoms with Gasteiger partial charge in [0.2, 0.25) is 5.78 Å². The molecule has 0 amide bonds. The number of Topliss-reactive ketones (excluding diaryl/α,β-unsaturated/α-hetero) is 1. The first-order chi connectivity index (χ1) is 13.9. The minimum atomic E-state index is -2.06. The van der Waals surface area contributed by atoms with Crippen LogP contribution in [0.25, 0.3) is 0 Å². The molecule has 7 nitrogen and oxygen atoms in total. The maximum absolute atomic E-state index is 13.4. The van der Waals surface area contributed by atoms with Gasteiger partial charge in [-0.25, -0.2) is 0 Å². The van der Waals surface area contributed by atoms with E-state index in [1.54, 1.807) is 55.6 Å². The van der Waals surface area contributed by atoms with E-state index in [1.165, 1.54) is 24.3 Å². The van der Waals surface area contributed by atoms with Gasteiger partial charge in [0, 0.05) is 12.1 Å². The van der Waals surface area contributed by atoms with Crippen molar-refractivity contribution in [3.05, 3.63) is 99.6 Å². The van der Waals surface area contributed by atoms with Crippen LogP contribution >= 0.6 is 0 Å². The van der Waals surface area contributed by atoms with Crippen LogP contribution in [0, 0.1) is 10.1 Å². The fourth-order valence-corrected chi connectivity index (χ4v) is 3.50. The van der Waals surface area contributed by atoms with Gasteiger partial charge in [-0.3, -0.25) is 14.9 Å². The summed E-state index contributed by atoms with van der Waals surface area (Å²) in [6, 6.07) is 18.8. The molecule has 3 aromatic rings. The van der Waals surface area contributed by atoms with E-state index >= 15 is 0 Å². The first-order valence-electron chi connectivity index (χ1n) is 8.87. The van der Waals surface area contributed by atoms with E-state index in [2.05, 4.69) is 0 Å². The number of para-hydroxylation sites is 1. The number of benzene rings is 3. The minimum absolute atomic E-state index is 0.136. The SMILES string of the molecule is COc1ccc([C@H]2Oc3ccccc3C(=O)[C@@]2(O)c2ccc([N+](=O)[O-])cc2)cc1. The number of ketones is 1. The topological polar surface area (TPSA) is 98.9 Å². The van der Waals surface area contributed by atoms with E-state index in [-0.39, 0.29) is 16.8 Å². The van der Waals surface area contributed by atoms with Crippen LogP contribution in [0.5, 0.6) is 11.5 Å². The molecule has 0 bridgehead atoms. The first-order valence-corrected chi connectivity index (χ1v) is 8.87. The lowest BCUT2D eigenvalue weighted by Crippen LogP contribution is -2.47. The number of hydrogen-bond donors (Lipinski definition) is 1. The van der Waals surface area contributed by atoms with Gasteiger partial charge in [-0.15, -0.1) is 0 Å².